The van der Waals surface area contributed by atoms with Gasteiger partial charge in [-0.25, -0.2) is 0 Å². The second-order valence-electron chi connectivity index (χ2n) is 4.76. The predicted molar refractivity (Wildman–Crippen MR) is 72.0 cm³/mol. The SMILES string of the molecule is O=C(O)C1CCCN1CCCc1ccc(Cl)cc1. The molecule has 0 saturated carbocycles. The molecule has 1 aromatic rings. The fourth-order valence-corrected chi connectivity index (χ4v) is 2.64. The number of carbonyl (C=O) groups is 1. The van der Waals surface area contributed by atoms with Crippen LogP contribution < -0.4 is 0 Å². The van der Waals surface area contributed by atoms with Gasteiger partial charge in [0, 0.05) is 5.02 Å². The molecule has 1 heterocycles. The molecule has 1 atom stereocenters. The molecule has 1 fully saturated rings. The predicted octanol–water partition coefficient (Wildman–Crippen LogP) is 2.82. The van der Waals surface area contributed by atoms with E-state index in [2.05, 4.69) is 4.90 Å². The van der Waals surface area contributed by atoms with Gasteiger partial charge in [0.15, 0.2) is 0 Å². The van der Waals surface area contributed by atoms with Crippen LogP contribution in [0.3, 0.4) is 0 Å². The van der Waals surface area contributed by atoms with Gasteiger partial charge in [0.25, 0.3) is 0 Å². The highest BCUT2D eigenvalue weighted by atomic mass is 35.5. The van der Waals surface area contributed by atoms with Gasteiger partial charge < -0.3 is 5.11 Å². The highest BCUT2D eigenvalue weighted by Gasteiger charge is 2.29. The van der Waals surface area contributed by atoms with Gasteiger partial charge in [0.1, 0.15) is 6.04 Å². The third kappa shape index (κ3) is 3.47. The zero-order valence-corrected chi connectivity index (χ0v) is 11.1. The van der Waals surface area contributed by atoms with Gasteiger partial charge >= 0.3 is 5.97 Å². The van der Waals surface area contributed by atoms with Gasteiger partial charge in [-0.3, -0.25) is 9.69 Å². The van der Waals surface area contributed by atoms with Crippen LogP contribution in [0.2, 0.25) is 5.02 Å². The normalized spacial score (nSPS) is 20.2. The Morgan fingerprint density at radius 1 is 1.39 bits per heavy atom. The Balaban J connectivity index is 1.78. The minimum absolute atomic E-state index is 0.268. The monoisotopic (exact) mass is 267 g/mol. The van der Waals surface area contributed by atoms with E-state index in [4.69, 9.17) is 16.7 Å². The number of benzene rings is 1. The maximum atomic E-state index is 11.0. The number of hydrogen-bond acceptors (Lipinski definition) is 2. The summed E-state index contributed by atoms with van der Waals surface area (Å²) in [4.78, 5) is 13.1. The van der Waals surface area contributed by atoms with Crippen molar-refractivity contribution in [1.82, 2.24) is 4.90 Å². The van der Waals surface area contributed by atoms with Gasteiger partial charge in [0.05, 0.1) is 0 Å². The van der Waals surface area contributed by atoms with Crippen LogP contribution >= 0.6 is 11.6 Å². The lowest BCUT2D eigenvalue weighted by atomic mass is 10.1. The van der Waals surface area contributed by atoms with Gasteiger partial charge in [-0.2, -0.15) is 0 Å². The first-order valence-electron chi connectivity index (χ1n) is 6.38. The number of rotatable bonds is 5. The lowest BCUT2D eigenvalue weighted by Crippen LogP contribution is -2.36. The lowest BCUT2D eigenvalue weighted by molar-refractivity contribution is -0.142. The van der Waals surface area contributed by atoms with Gasteiger partial charge in [-0.15, -0.1) is 0 Å². The number of carboxylic acid groups (broad SMARTS) is 1. The van der Waals surface area contributed by atoms with E-state index in [9.17, 15) is 4.79 Å². The van der Waals surface area contributed by atoms with Crippen LogP contribution in [0.4, 0.5) is 0 Å². The molecule has 4 heteroatoms. The van der Waals surface area contributed by atoms with Crippen molar-refractivity contribution >= 4 is 17.6 Å². The van der Waals surface area contributed by atoms with E-state index in [1.54, 1.807) is 0 Å². The van der Waals surface area contributed by atoms with E-state index >= 15 is 0 Å². The van der Waals surface area contributed by atoms with Crippen LogP contribution in [0.1, 0.15) is 24.8 Å². The standard InChI is InChI=1S/C14H18ClNO2/c15-12-7-5-11(6-8-12)3-1-9-16-10-2-4-13(16)14(17)18/h5-8,13H,1-4,9-10H2,(H,17,18). The molecule has 3 nitrogen and oxygen atoms in total. The second-order valence-corrected chi connectivity index (χ2v) is 5.20. The molecule has 0 aromatic heterocycles. The summed E-state index contributed by atoms with van der Waals surface area (Å²) in [6.07, 6.45) is 3.75. The summed E-state index contributed by atoms with van der Waals surface area (Å²) in [6, 6.07) is 7.58. The van der Waals surface area contributed by atoms with Gasteiger partial charge in [0.2, 0.25) is 0 Å². The highest BCUT2D eigenvalue weighted by Crippen LogP contribution is 2.18. The van der Waals surface area contributed by atoms with Crippen LogP contribution in [0, 0.1) is 0 Å². The number of nitrogens with zero attached hydrogens (tertiary/aromatic N) is 1. The molecule has 0 aliphatic carbocycles. The van der Waals surface area contributed by atoms with Crippen molar-refractivity contribution < 1.29 is 9.90 Å². The minimum Gasteiger partial charge on any atom is -0.480 e. The van der Waals surface area contributed by atoms with E-state index in [1.807, 2.05) is 24.3 Å². The molecular weight excluding hydrogens is 250 g/mol. The highest BCUT2D eigenvalue weighted by molar-refractivity contribution is 6.30. The quantitative estimate of drug-likeness (QED) is 0.892. The van der Waals surface area contributed by atoms with E-state index in [1.165, 1.54) is 5.56 Å². The fourth-order valence-electron chi connectivity index (χ4n) is 2.51. The second kappa shape index (κ2) is 6.21. The van der Waals surface area contributed by atoms with E-state index in [0.717, 1.165) is 43.8 Å². The molecule has 1 aliphatic heterocycles. The molecule has 1 unspecified atom stereocenters. The zero-order chi connectivity index (χ0) is 13.0. The summed E-state index contributed by atoms with van der Waals surface area (Å²) in [5.41, 5.74) is 1.26. The average Bonchev–Trinajstić information content (AvgIpc) is 2.80. The molecule has 1 saturated heterocycles. The molecule has 0 radical (unpaired) electrons. The third-order valence-corrected chi connectivity index (χ3v) is 3.72. The fraction of sp³-hybridized carbons (Fsp3) is 0.500. The van der Waals surface area contributed by atoms with Crippen molar-refractivity contribution in [3.8, 4) is 0 Å². The molecule has 98 valence electrons. The first-order chi connectivity index (χ1) is 8.66. The molecule has 1 aliphatic rings. The van der Waals surface area contributed by atoms with Crippen molar-refractivity contribution in [3.05, 3.63) is 34.9 Å². The summed E-state index contributed by atoms with van der Waals surface area (Å²) < 4.78 is 0. The smallest absolute Gasteiger partial charge is 0.320 e. The Labute approximate surface area is 112 Å². The summed E-state index contributed by atoms with van der Waals surface area (Å²) in [6.45, 7) is 1.77. The summed E-state index contributed by atoms with van der Waals surface area (Å²) >= 11 is 5.83. The lowest BCUT2D eigenvalue weighted by Gasteiger charge is -2.20. The Bertz CT molecular complexity index is 405. The molecule has 0 bridgehead atoms. The third-order valence-electron chi connectivity index (χ3n) is 3.47. The number of carboxylic acids is 1. The van der Waals surface area contributed by atoms with Crippen LogP contribution in [0.25, 0.3) is 0 Å². The number of aryl methyl sites for hydroxylation is 1. The largest absolute Gasteiger partial charge is 0.480 e. The number of halogens is 1. The van der Waals surface area contributed by atoms with Crippen molar-refractivity contribution in [2.75, 3.05) is 13.1 Å². The van der Waals surface area contributed by atoms with Crippen molar-refractivity contribution in [2.45, 2.75) is 31.7 Å². The zero-order valence-electron chi connectivity index (χ0n) is 10.3. The van der Waals surface area contributed by atoms with Crippen LogP contribution in [-0.4, -0.2) is 35.1 Å². The molecule has 18 heavy (non-hydrogen) atoms. The molecule has 0 spiro atoms. The molecule has 1 N–H and O–H groups in total. The molecule has 2 rings (SSSR count). The van der Waals surface area contributed by atoms with Crippen molar-refractivity contribution in [3.63, 3.8) is 0 Å². The maximum Gasteiger partial charge on any atom is 0.320 e. The molecule has 1 aromatic carbocycles. The van der Waals surface area contributed by atoms with Crippen molar-refractivity contribution in [2.24, 2.45) is 0 Å². The van der Waals surface area contributed by atoms with Crippen molar-refractivity contribution in [1.29, 1.82) is 0 Å². The Hall–Kier alpha value is -1.06. The number of aliphatic carboxylic acids is 1. The molecule has 0 amide bonds. The van der Waals surface area contributed by atoms with Gasteiger partial charge in [-0.05, 0) is 56.5 Å². The number of hydrogen-bond donors (Lipinski definition) is 1. The Morgan fingerprint density at radius 3 is 2.78 bits per heavy atom. The van der Waals surface area contributed by atoms with E-state index in [0.29, 0.717) is 0 Å². The minimum atomic E-state index is -0.681. The van der Waals surface area contributed by atoms with E-state index < -0.39 is 5.97 Å². The summed E-state index contributed by atoms with van der Waals surface area (Å²) in [5.74, 6) is -0.681. The van der Waals surface area contributed by atoms with Crippen LogP contribution in [0.15, 0.2) is 24.3 Å². The average molecular weight is 268 g/mol. The van der Waals surface area contributed by atoms with E-state index in [-0.39, 0.29) is 6.04 Å². The Kier molecular flexibility index (Phi) is 4.61. The number of likely N-dealkylation sites (tertiary alicyclic amines) is 1. The summed E-state index contributed by atoms with van der Waals surface area (Å²) in [5, 5.41) is 9.83. The maximum absolute atomic E-state index is 11.0. The molecular formula is C14H18ClNO2. The topological polar surface area (TPSA) is 40.5 Å². The van der Waals surface area contributed by atoms with Crippen LogP contribution in [0.5, 0.6) is 0 Å². The summed E-state index contributed by atoms with van der Waals surface area (Å²) in [7, 11) is 0. The first kappa shape index (κ1) is 13.4. The van der Waals surface area contributed by atoms with Crippen LogP contribution in [-0.2, 0) is 11.2 Å². The van der Waals surface area contributed by atoms with Gasteiger partial charge in [-0.1, -0.05) is 23.7 Å². The Morgan fingerprint density at radius 2 is 2.11 bits per heavy atom. The first-order valence-corrected chi connectivity index (χ1v) is 6.76.